The molecule has 19 heavy (non-hydrogen) atoms. The minimum Gasteiger partial charge on any atom is -0.465 e. The highest BCUT2D eigenvalue weighted by Crippen LogP contribution is 2.32. The number of nitrogens with zero attached hydrogens (tertiary/aromatic N) is 1. The lowest BCUT2D eigenvalue weighted by Gasteiger charge is -2.14. The molecule has 0 saturated carbocycles. The Kier molecular flexibility index (Phi) is 4.40. The number of rotatable bonds is 3. The Bertz CT molecular complexity index is 488. The zero-order chi connectivity index (χ0) is 14.8. The maximum Gasteiger partial charge on any atom is 0.433 e. The van der Waals surface area contributed by atoms with Crippen molar-refractivity contribution in [3.05, 3.63) is 28.6 Å². The van der Waals surface area contributed by atoms with E-state index in [0.717, 1.165) is 7.11 Å². The largest absolute Gasteiger partial charge is 0.465 e. The Morgan fingerprint density at radius 1 is 1.47 bits per heavy atom. The van der Waals surface area contributed by atoms with Gasteiger partial charge in [-0.25, -0.2) is 18.6 Å². The predicted octanol–water partition coefficient (Wildman–Crippen LogP) is 2.28. The summed E-state index contributed by atoms with van der Waals surface area (Å²) in [5.74, 6) is -1.18. The summed E-state index contributed by atoms with van der Waals surface area (Å²) in [7, 11) is 0.915. The van der Waals surface area contributed by atoms with E-state index < -0.39 is 47.6 Å². The van der Waals surface area contributed by atoms with Crippen LogP contribution in [-0.4, -0.2) is 18.1 Å². The molecule has 1 aromatic rings. The van der Waals surface area contributed by atoms with Crippen molar-refractivity contribution in [2.75, 3.05) is 7.11 Å². The third-order valence-corrected chi connectivity index (χ3v) is 2.26. The van der Waals surface area contributed by atoms with E-state index in [1.165, 1.54) is 0 Å². The summed E-state index contributed by atoms with van der Waals surface area (Å²) in [5, 5.41) is 0. The zero-order valence-corrected chi connectivity index (χ0v) is 9.59. The molecule has 0 aliphatic rings. The fraction of sp³-hybridized carbons (Fsp3) is 0.400. The Labute approximate surface area is 104 Å². The maximum atomic E-state index is 12.7. The van der Waals surface area contributed by atoms with Crippen LogP contribution in [0.1, 0.15) is 33.7 Å². The summed E-state index contributed by atoms with van der Waals surface area (Å²) in [6.07, 6.45) is -8.25. The van der Waals surface area contributed by atoms with E-state index in [-0.39, 0.29) is 0 Å². The fourth-order valence-corrected chi connectivity index (χ4v) is 1.42. The molecule has 1 rings (SSSR count). The fourth-order valence-electron chi connectivity index (χ4n) is 1.42. The minimum absolute atomic E-state index is 0.347. The summed E-state index contributed by atoms with van der Waals surface area (Å²) < 4.78 is 67.2. The van der Waals surface area contributed by atoms with Gasteiger partial charge < -0.3 is 10.5 Å². The molecule has 106 valence electrons. The molecule has 0 radical (unpaired) electrons. The van der Waals surface area contributed by atoms with Crippen LogP contribution in [0.25, 0.3) is 0 Å². The van der Waals surface area contributed by atoms with Gasteiger partial charge in [0.15, 0.2) is 0 Å². The molecule has 9 heteroatoms. The highest BCUT2D eigenvalue weighted by Gasteiger charge is 2.36. The van der Waals surface area contributed by atoms with E-state index in [2.05, 4.69) is 9.72 Å². The molecule has 0 aliphatic carbocycles. The van der Waals surface area contributed by atoms with Crippen LogP contribution in [-0.2, 0) is 17.5 Å². The summed E-state index contributed by atoms with van der Waals surface area (Å²) in [4.78, 5) is 14.2. The van der Waals surface area contributed by atoms with Gasteiger partial charge in [0.1, 0.15) is 11.4 Å². The van der Waals surface area contributed by atoms with Gasteiger partial charge in [-0.15, -0.1) is 0 Å². The first-order valence-electron chi connectivity index (χ1n) is 4.89. The molecule has 0 atom stereocenters. The number of nitrogens with two attached hydrogens (primary N) is 1. The normalized spacial score (nSPS) is 11.8. The molecular formula is C10H9F5N2O2. The van der Waals surface area contributed by atoms with Crippen LogP contribution in [0.15, 0.2) is 6.07 Å². The molecule has 0 fully saturated rings. The summed E-state index contributed by atoms with van der Waals surface area (Å²) in [6.45, 7) is -0.560. The second kappa shape index (κ2) is 5.47. The van der Waals surface area contributed by atoms with Gasteiger partial charge in [0.2, 0.25) is 0 Å². The number of ether oxygens (including phenoxy) is 1. The lowest BCUT2D eigenvalue weighted by Crippen LogP contribution is -2.18. The van der Waals surface area contributed by atoms with Crippen LogP contribution in [0, 0.1) is 0 Å². The molecule has 0 amide bonds. The number of methoxy groups -OCH3 is 1. The van der Waals surface area contributed by atoms with Gasteiger partial charge in [-0.2, -0.15) is 13.2 Å². The van der Waals surface area contributed by atoms with Crippen LogP contribution in [0.3, 0.4) is 0 Å². The Balaban J connectivity index is 3.59. The Morgan fingerprint density at radius 3 is 2.42 bits per heavy atom. The molecular weight excluding hydrogens is 275 g/mol. The van der Waals surface area contributed by atoms with Crippen LogP contribution in [0.4, 0.5) is 22.0 Å². The smallest absolute Gasteiger partial charge is 0.433 e. The first kappa shape index (κ1) is 15.3. The van der Waals surface area contributed by atoms with Crippen LogP contribution >= 0.6 is 0 Å². The molecule has 1 aromatic heterocycles. The quantitative estimate of drug-likeness (QED) is 0.683. The van der Waals surface area contributed by atoms with Gasteiger partial charge in [0.05, 0.1) is 12.7 Å². The summed E-state index contributed by atoms with van der Waals surface area (Å²) >= 11 is 0. The number of aromatic nitrogens is 1. The average Bonchev–Trinajstić information content (AvgIpc) is 2.34. The highest BCUT2D eigenvalue weighted by atomic mass is 19.4. The van der Waals surface area contributed by atoms with Crippen molar-refractivity contribution in [3.63, 3.8) is 0 Å². The van der Waals surface area contributed by atoms with E-state index in [4.69, 9.17) is 5.73 Å². The van der Waals surface area contributed by atoms with Crippen LogP contribution in [0.2, 0.25) is 0 Å². The number of alkyl halides is 5. The van der Waals surface area contributed by atoms with E-state index in [1.807, 2.05) is 0 Å². The monoisotopic (exact) mass is 284 g/mol. The van der Waals surface area contributed by atoms with Gasteiger partial charge in [-0.05, 0) is 6.07 Å². The van der Waals surface area contributed by atoms with Crippen molar-refractivity contribution in [2.45, 2.75) is 19.1 Å². The number of esters is 1. The lowest BCUT2D eigenvalue weighted by atomic mass is 10.0. The third-order valence-electron chi connectivity index (χ3n) is 2.26. The second-order valence-electron chi connectivity index (χ2n) is 3.41. The highest BCUT2D eigenvalue weighted by molar-refractivity contribution is 5.91. The number of carbonyl (C=O) groups is 1. The summed E-state index contributed by atoms with van der Waals surface area (Å²) in [5.41, 5.74) is 1.29. The molecule has 1 heterocycles. The number of hydrogen-bond acceptors (Lipinski definition) is 4. The molecule has 0 aromatic carbocycles. The zero-order valence-electron chi connectivity index (χ0n) is 9.59. The first-order valence-corrected chi connectivity index (χ1v) is 4.89. The van der Waals surface area contributed by atoms with Crippen molar-refractivity contribution in [1.29, 1.82) is 0 Å². The average molecular weight is 284 g/mol. The van der Waals surface area contributed by atoms with Gasteiger partial charge in [-0.1, -0.05) is 0 Å². The third kappa shape index (κ3) is 3.16. The van der Waals surface area contributed by atoms with Crippen molar-refractivity contribution in [2.24, 2.45) is 5.73 Å². The molecule has 4 nitrogen and oxygen atoms in total. The predicted molar refractivity (Wildman–Crippen MR) is 53.4 cm³/mol. The van der Waals surface area contributed by atoms with E-state index in [9.17, 15) is 26.7 Å². The number of hydrogen-bond donors (Lipinski definition) is 1. The number of carbonyl (C=O) groups excluding carboxylic acids is 1. The SMILES string of the molecule is COC(=O)c1cc(C(F)(F)F)nc(C(F)F)c1CN. The van der Waals surface area contributed by atoms with Crippen molar-refractivity contribution < 1.29 is 31.5 Å². The van der Waals surface area contributed by atoms with Gasteiger partial charge >= 0.3 is 12.1 Å². The minimum atomic E-state index is -4.96. The maximum absolute atomic E-state index is 12.7. The molecule has 0 saturated heterocycles. The number of halogens is 5. The van der Waals surface area contributed by atoms with E-state index >= 15 is 0 Å². The lowest BCUT2D eigenvalue weighted by molar-refractivity contribution is -0.141. The van der Waals surface area contributed by atoms with Crippen LogP contribution < -0.4 is 5.73 Å². The van der Waals surface area contributed by atoms with Crippen molar-refractivity contribution in [3.8, 4) is 0 Å². The first-order chi connectivity index (χ1) is 8.72. The Hall–Kier alpha value is -1.77. The standard InChI is InChI=1S/C10H9F5N2O2/c1-19-9(18)4-2-6(10(13,14)15)17-7(8(11)12)5(4)3-16/h2,8H,3,16H2,1H3. The topological polar surface area (TPSA) is 65.2 Å². The van der Waals surface area contributed by atoms with Crippen LogP contribution in [0.5, 0.6) is 0 Å². The van der Waals surface area contributed by atoms with Crippen molar-refractivity contribution in [1.82, 2.24) is 4.98 Å². The second-order valence-corrected chi connectivity index (χ2v) is 3.41. The number of pyridine rings is 1. The summed E-state index contributed by atoms with van der Waals surface area (Å²) in [6, 6.07) is 0.347. The molecule has 0 aliphatic heterocycles. The molecule has 0 bridgehead atoms. The van der Waals surface area contributed by atoms with Gasteiger partial charge in [0.25, 0.3) is 6.43 Å². The molecule has 0 spiro atoms. The van der Waals surface area contributed by atoms with Crippen molar-refractivity contribution >= 4 is 5.97 Å². The van der Waals surface area contributed by atoms with E-state index in [1.54, 1.807) is 0 Å². The molecule has 2 N–H and O–H groups in total. The van der Waals surface area contributed by atoms with E-state index in [0.29, 0.717) is 6.07 Å². The Morgan fingerprint density at radius 2 is 2.05 bits per heavy atom. The molecule has 0 unspecified atom stereocenters. The van der Waals surface area contributed by atoms with Gasteiger partial charge in [-0.3, -0.25) is 0 Å². The van der Waals surface area contributed by atoms with Gasteiger partial charge in [0, 0.05) is 12.1 Å².